The second-order valence-corrected chi connectivity index (χ2v) is 8.13. The Balaban J connectivity index is 0.00000272. The van der Waals surface area contributed by atoms with Crippen molar-refractivity contribution >= 4 is 35.8 Å². The Morgan fingerprint density at radius 3 is 2.87 bits per heavy atom. The topological polar surface area (TPSA) is 98.3 Å². The number of nitrogens with one attached hydrogen (secondary N) is 3. The molecule has 168 valence electrons. The highest BCUT2D eigenvalue weighted by Crippen LogP contribution is 2.27. The minimum atomic E-state index is 0. The van der Waals surface area contributed by atoms with Gasteiger partial charge in [0.2, 0.25) is 5.91 Å². The molecule has 1 aromatic heterocycles. The fourth-order valence-electron chi connectivity index (χ4n) is 4.35. The number of hydrogen-bond donors (Lipinski definition) is 3. The third-order valence-electron chi connectivity index (χ3n) is 5.92. The van der Waals surface area contributed by atoms with Crippen LogP contribution in [0.15, 0.2) is 35.6 Å². The highest BCUT2D eigenvalue weighted by atomic mass is 127. The number of halogens is 1. The molecule has 1 aliphatic carbocycles. The van der Waals surface area contributed by atoms with E-state index in [1.54, 1.807) is 0 Å². The van der Waals surface area contributed by atoms with Crippen LogP contribution >= 0.6 is 24.0 Å². The number of guanidine groups is 1. The Morgan fingerprint density at radius 2 is 2.13 bits per heavy atom. The molecule has 0 radical (unpaired) electrons. The van der Waals surface area contributed by atoms with Gasteiger partial charge in [-0.05, 0) is 37.8 Å². The van der Waals surface area contributed by atoms with Gasteiger partial charge < -0.3 is 15.5 Å². The van der Waals surface area contributed by atoms with Crippen LogP contribution in [-0.2, 0) is 11.3 Å². The van der Waals surface area contributed by atoms with Crippen LogP contribution in [0, 0.1) is 5.92 Å². The molecular weight excluding hydrogens is 505 g/mol. The van der Waals surface area contributed by atoms with Crippen molar-refractivity contribution in [3.63, 3.8) is 0 Å². The van der Waals surface area contributed by atoms with Crippen molar-refractivity contribution in [1.29, 1.82) is 0 Å². The molecule has 1 amide bonds. The van der Waals surface area contributed by atoms with E-state index in [4.69, 9.17) is 4.99 Å². The summed E-state index contributed by atoms with van der Waals surface area (Å²) in [5.74, 6) is 2.15. The number of carbonyl (C=O) groups excluding carboxylic acids is 1. The smallest absolute Gasteiger partial charge is 0.225 e. The molecule has 1 saturated carbocycles. The Labute approximate surface area is 200 Å². The summed E-state index contributed by atoms with van der Waals surface area (Å²) in [5, 5.41) is 13.7. The minimum absolute atomic E-state index is 0. The number of hydrogen-bond acceptors (Lipinski definition) is 4. The predicted octanol–water partition coefficient (Wildman–Crippen LogP) is 2.94. The molecule has 2 heterocycles. The summed E-state index contributed by atoms with van der Waals surface area (Å²) in [6.07, 6.45) is 6.98. The van der Waals surface area contributed by atoms with Crippen molar-refractivity contribution in [2.24, 2.45) is 10.9 Å². The zero-order valence-corrected chi connectivity index (χ0v) is 20.3. The van der Waals surface area contributed by atoms with Gasteiger partial charge >= 0.3 is 0 Å². The molecule has 2 aromatic rings. The quantitative estimate of drug-likeness (QED) is 0.299. The number of amides is 1. The summed E-state index contributed by atoms with van der Waals surface area (Å²) in [7, 11) is 0. The predicted molar refractivity (Wildman–Crippen MR) is 132 cm³/mol. The normalized spacial score (nSPS) is 19.3. The highest BCUT2D eigenvalue weighted by Gasteiger charge is 2.32. The van der Waals surface area contributed by atoms with Crippen LogP contribution in [0.5, 0.6) is 0 Å². The van der Waals surface area contributed by atoms with Gasteiger partial charge in [0, 0.05) is 37.2 Å². The molecule has 4 rings (SSSR count). The second kappa shape index (κ2) is 11.4. The largest absolute Gasteiger partial charge is 0.357 e. The van der Waals surface area contributed by atoms with Gasteiger partial charge in [-0.3, -0.25) is 9.89 Å². The minimum Gasteiger partial charge on any atom is -0.357 e. The van der Waals surface area contributed by atoms with Gasteiger partial charge in [0.15, 0.2) is 11.8 Å². The Morgan fingerprint density at radius 1 is 1.29 bits per heavy atom. The van der Waals surface area contributed by atoms with E-state index in [0.29, 0.717) is 12.5 Å². The van der Waals surface area contributed by atoms with Crippen LogP contribution < -0.4 is 10.6 Å². The van der Waals surface area contributed by atoms with Gasteiger partial charge in [0.05, 0.1) is 6.54 Å². The molecule has 2 aliphatic rings. The lowest BCUT2D eigenvalue weighted by molar-refractivity contribution is -0.134. The van der Waals surface area contributed by atoms with Crippen LogP contribution in [0.25, 0.3) is 11.4 Å². The third kappa shape index (κ3) is 6.18. The van der Waals surface area contributed by atoms with E-state index >= 15 is 0 Å². The van der Waals surface area contributed by atoms with Crippen LogP contribution in [0.3, 0.4) is 0 Å². The first-order valence-electron chi connectivity index (χ1n) is 11.0. The number of nitrogens with zero attached hydrogens (tertiary/aromatic N) is 4. The highest BCUT2D eigenvalue weighted by molar-refractivity contribution is 14.0. The zero-order chi connectivity index (χ0) is 20.8. The Hall–Kier alpha value is -2.17. The molecule has 2 fully saturated rings. The molecule has 8 nitrogen and oxygen atoms in total. The van der Waals surface area contributed by atoms with Crippen LogP contribution in [0.1, 0.15) is 44.6 Å². The Bertz CT molecular complexity index is 865. The maximum Gasteiger partial charge on any atom is 0.225 e. The van der Waals surface area contributed by atoms with Gasteiger partial charge in [-0.25, -0.2) is 9.98 Å². The van der Waals surface area contributed by atoms with Gasteiger partial charge in [-0.15, -0.1) is 24.0 Å². The SMILES string of the molecule is CCNC(=NCc1cccc(-c2ncn[nH]2)c1)NC1CCN(C(=O)C2CCCC2)C1.I. The summed E-state index contributed by atoms with van der Waals surface area (Å²) in [6.45, 7) is 5.02. The number of H-pyrrole nitrogens is 1. The molecule has 31 heavy (non-hydrogen) atoms. The molecular formula is C22H32IN7O. The monoisotopic (exact) mass is 537 g/mol. The van der Waals surface area contributed by atoms with Crippen molar-refractivity contribution in [2.45, 2.75) is 51.6 Å². The first-order chi connectivity index (χ1) is 14.7. The third-order valence-corrected chi connectivity index (χ3v) is 5.92. The molecule has 1 aromatic carbocycles. The molecule has 1 unspecified atom stereocenters. The molecule has 0 spiro atoms. The van der Waals surface area contributed by atoms with Crippen molar-refractivity contribution in [3.8, 4) is 11.4 Å². The molecule has 3 N–H and O–H groups in total. The van der Waals surface area contributed by atoms with Crippen molar-refractivity contribution in [1.82, 2.24) is 30.7 Å². The van der Waals surface area contributed by atoms with Crippen molar-refractivity contribution in [2.75, 3.05) is 19.6 Å². The first-order valence-corrected chi connectivity index (χ1v) is 11.0. The number of likely N-dealkylation sites (tertiary alicyclic amines) is 1. The van der Waals surface area contributed by atoms with Crippen LogP contribution in [-0.4, -0.2) is 57.6 Å². The molecule has 1 aliphatic heterocycles. The molecule has 1 atom stereocenters. The van der Waals surface area contributed by atoms with Crippen LogP contribution in [0.4, 0.5) is 0 Å². The second-order valence-electron chi connectivity index (χ2n) is 8.13. The number of aromatic nitrogens is 3. The summed E-state index contributed by atoms with van der Waals surface area (Å²) >= 11 is 0. The fraction of sp³-hybridized carbons (Fsp3) is 0.545. The Kier molecular flexibility index (Phi) is 8.68. The average molecular weight is 537 g/mol. The molecule has 9 heteroatoms. The lowest BCUT2D eigenvalue weighted by Crippen LogP contribution is -2.45. The summed E-state index contributed by atoms with van der Waals surface area (Å²) in [6, 6.07) is 8.39. The number of rotatable bonds is 6. The maximum absolute atomic E-state index is 12.7. The lowest BCUT2D eigenvalue weighted by Gasteiger charge is -2.21. The van der Waals surface area contributed by atoms with Gasteiger partial charge in [-0.1, -0.05) is 31.0 Å². The van der Waals surface area contributed by atoms with Gasteiger partial charge in [0.25, 0.3) is 0 Å². The fourth-order valence-corrected chi connectivity index (χ4v) is 4.35. The van der Waals surface area contributed by atoms with E-state index in [1.165, 1.54) is 19.2 Å². The lowest BCUT2D eigenvalue weighted by atomic mass is 10.1. The average Bonchev–Trinajstić information content (AvgIpc) is 3.55. The van der Waals surface area contributed by atoms with Crippen LogP contribution in [0.2, 0.25) is 0 Å². The van der Waals surface area contributed by atoms with E-state index in [9.17, 15) is 4.79 Å². The number of aliphatic imine (C=N–C) groups is 1. The zero-order valence-electron chi connectivity index (χ0n) is 18.0. The number of aromatic amines is 1. The number of carbonyl (C=O) groups is 1. The first kappa shape index (κ1) is 23.5. The van der Waals surface area contributed by atoms with E-state index < -0.39 is 0 Å². The van der Waals surface area contributed by atoms with E-state index in [2.05, 4.69) is 44.9 Å². The van der Waals surface area contributed by atoms with Gasteiger partial charge in [-0.2, -0.15) is 5.10 Å². The number of benzene rings is 1. The van der Waals surface area contributed by atoms with E-state index in [-0.39, 0.29) is 35.9 Å². The van der Waals surface area contributed by atoms with Crippen molar-refractivity contribution < 1.29 is 4.79 Å². The summed E-state index contributed by atoms with van der Waals surface area (Å²) in [5.41, 5.74) is 2.10. The summed E-state index contributed by atoms with van der Waals surface area (Å²) in [4.78, 5) is 23.7. The summed E-state index contributed by atoms with van der Waals surface area (Å²) < 4.78 is 0. The maximum atomic E-state index is 12.7. The van der Waals surface area contributed by atoms with Gasteiger partial charge in [0.1, 0.15) is 6.33 Å². The molecule has 1 saturated heterocycles. The molecule has 0 bridgehead atoms. The van der Waals surface area contributed by atoms with E-state index in [0.717, 1.165) is 61.8 Å². The van der Waals surface area contributed by atoms with E-state index in [1.807, 2.05) is 17.0 Å². The standard InChI is InChI=1S/C22H31N7O.HI/c1-2-23-22(24-13-16-6-5-9-18(12-16)20-25-15-26-28-20)27-19-10-11-29(14-19)21(30)17-7-3-4-8-17;/h5-6,9,12,15,17,19H,2-4,7-8,10-11,13-14H2,1H3,(H2,23,24,27)(H,25,26,28);1H. The van der Waals surface area contributed by atoms with Crippen molar-refractivity contribution in [3.05, 3.63) is 36.2 Å².